The van der Waals surface area contributed by atoms with Gasteiger partial charge in [-0.1, -0.05) is 12.1 Å². The molecule has 0 spiro atoms. The molecule has 0 amide bonds. The highest BCUT2D eigenvalue weighted by molar-refractivity contribution is 6.18. The summed E-state index contributed by atoms with van der Waals surface area (Å²) in [7, 11) is 0. The van der Waals surface area contributed by atoms with Gasteiger partial charge in [-0.25, -0.2) is 4.98 Å². The molecule has 2 aromatic rings. The van der Waals surface area contributed by atoms with Crippen LogP contribution in [0, 0.1) is 5.92 Å². The first-order valence-electron chi connectivity index (χ1n) is 6.39. The van der Waals surface area contributed by atoms with E-state index in [1.807, 2.05) is 30.5 Å². The summed E-state index contributed by atoms with van der Waals surface area (Å²) in [4.78, 5) is 11.5. The molecule has 0 unspecified atom stereocenters. The Kier molecular flexibility index (Phi) is 3.33. The number of benzene rings is 1. The highest BCUT2D eigenvalue weighted by atomic mass is 35.5. The second-order valence-corrected chi connectivity index (χ2v) is 5.11. The van der Waals surface area contributed by atoms with Crippen LogP contribution in [0.4, 0.5) is 5.82 Å². The molecule has 1 aromatic heterocycles. The minimum atomic E-state index is 0.663. The van der Waals surface area contributed by atoms with Crippen molar-refractivity contribution in [2.45, 2.75) is 12.8 Å². The average molecular weight is 262 g/mol. The summed E-state index contributed by atoms with van der Waals surface area (Å²) < 4.78 is 0. The van der Waals surface area contributed by atoms with Crippen LogP contribution in [0.5, 0.6) is 0 Å². The van der Waals surface area contributed by atoms with Crippen LogP contribution >= 0.6 is 11.6 Å². The van der Waals surface area contributed by atoms with Crippen LogP contribution in [0.2, 0.25) is 0 Å². The molecule has 1 aliphatic rings. The lowest BCUT2D eigenvalue weighted by Crippen LogP contribution is -2.34. The smallest absolute Gasteiger partial charge is 0.147 e. The Labute approximate surface area is 112 Å². The molecule has 1 aliphatic heterocycles. The first-order chi connectivity index (χ1) is 8.86. The number of hydrogen-bond donors (Lipinski definition) is 0. The third-order valence-corrected chi connectivity index (χ3v) is 4.03. The number of anilines is 1. The third kappa shape index (κ3) is 2.27. The van der Waals surface area contributed by atoms with Gasteiger partial charge in [-0.05, 0) is 30.9 Å². The molecule has 0 N–H and O–H groups in total. The topological polar surface area (TPSA) is 29.0 Å². The number of alkyl halides is 1. The molecule has 3 rings (SSSR count). The number of nitrogens with zero attached hydrogens (tertiary/aromatic N) is 3. The Bertz CT molecular complexity index is 535. The van der Waals surface area contributed by atoms with Gasteiger partial charge < -0.3 is 4.90 Å². The van der Waals surface area contributed by atoms with Crippen LogP contribution < -0.4 is 4.90 Å². The van der Waals surface area contributed by atoms with E-state index in [0.717, 1.165) is 48.7 Å². The number of para-hydroxylation sites is 2. The van der Waals surface area contributed by atoms with Crippen molar-refractivity contribution < 1.29 is 0 Å². The van der Waals surface area contributed by atoms with E-state index in [1.54, 1.807) is 0 Å². The zero-order valence-corrected chi connectivity index (χ0v) is 11.0. The molecule has 0 bridgehead atoms. The van der Waals surface area contributed by atoms with E-state index in [-0.39, 0.29) is 0 Å². The predicted octanol–water partition coefficient (Wildman–Crippen LogP) is 3.09. The zero-order valence-electron chi connectivity index (χ0n) is 10.2. The van der Waals surface area contributed by atoms with Crippen LogP contribution in [0.15, 0.2) is 30.5 Å². The zero-order chi connectivity index (χ0) is 12.4. The number of hydrogen-bond acceptors (Lipinski definition) is 3. The van der Waals surface area contributed by atoms with Gasteiger partial charge in [0.05, 0.1) is 17.2 Å². The molecule has 1 fully saturated rings. The maximum Gasteiger partial charge on any atom is 0.147 e. The summed E-state index contributed by atoms with van der Waals surface area (Å²) in [5, 5.41) is 0. The SMILES string of the molecule is ClCC1CCN(c2cnc3ccccc3n2)CC1. The maximum atomic E-state index is 5.91. The van der Waals surface area contributed by atoms with Crippen LogP contribution in [0.3, 0.4) is 0 Å². The van der Waals surface area contributed by atoms with Crippen LogP contribution in [-0.2, 0) is 0 Å². The van der Waals surface area contributed by atoms with Crippen LogP contribution in [0.25, 0.3) is 11.0 Å². The molecule has 0 aliphatic carbocycles. The monoisotopic (exact) mass is 261 g/mol. The van der Waals surface area contributed by atoms with Gasteiger partial charge >= 0.3 is 0 Å². The highest BCUT2D eigenvalue weighted by Crippen LogP contribution is 2.23. The molecule has 2 heterocycles. The summed E-state index contributed by atoms with van der Waals surface area (Å²) in [5.41, 5.74) is 1.92. The largest absolute Gasteiger partial charge is 0.355 e. The summed E-state index contributed by atoms with van der Waals surface area (Å²) in [6.45, 7) is 2.06. The quantitative estimate of drug-likeness (QED) is 0.778. The molecule has 94 valence electrons. The van der Waals surface area contributed by atoms with Crippen molar-refractivity contribution >= 4 is 28.5 Å². The van der Waals surface area contributed by atoms with Gasteiger partial charge in [0.1, 0.15) is 5.82 Å². The maximum absolute atomic E-state index is 5.91. The number of halogens is 1. The van der Waals surface area contributed by atoms with Crippen LogP contribution in [0.1, 0.15) is 12.8 Å². The predicted molar refractivity (Wildman–Crippen MR) is 75.2 cm³/mol. The molecular weight excluding hydrogens is 246 g/mol. The van der Waals surface area contributed by atoms with Gasteiger partial charge in [-0.2, -0.15) is 0 Å². The molecule has 1 saturated heterocycles. The second-order valence-electron chi connectivity index (χ2n) is 4.80. The van der Waals surface area contributed by atoms with Gasteiger partial charge in [0.15, 0.2) is 0 Å². The van der Waals surface area contributed by atoms with E-state index in [0.29, 0.717) is 5.92 Å². The first-order valence-corrected chi connectivity index (χ1v) is 6.93. The number of aromatic nitrogens is 2. The Morgan fingerprint density at radius 3 is 2.61 bits per heavy atom. The van der Waals surface area contributed by atoms with Gasteiger partial charge in [-0.3, -0.25) is 4.98 Å². The van der Waals surface area contributed by atoms with E-state index in [9.17, 15) is 0 Å². The molecule has 18 heavy (non-hydrogen) atoms. The van der Waals surface area contributed by atoms with Gasteiger partial charge in [0.25, 0.3) is 0 Å². The molecule has 0 atom stereocenters. The first kappa shape index (κ1) is 11.7. The van der Waals surface area contributed by atoms with E-state index in [2.05, 4.69) is 14.9 Å². The molecule has 3 nitrogen and oxygen atoms in total. The van der Waals surface area contributed by atoms with Gasteiger partial charge in [0, 0.05) is 19.0 Å². The van der Waals surface area contributed by atoms with Crippen molar-refractivity contribution in [2.24, 2.45) is 5.92 Å². The highest BCUT2D eigenvalue weighted by Gasteiger charge is 2.19. The van der Waals surface area contributed by atoms with Crippen molar-refractivity contribution in [2.75, 3.05) is 23.9 Å². The third-order valence-electron chi connectivity index (χ3n) is 3.59. The summed E-state index contributed by atoms with van der Waals surface area (Å²) in [5.74, 6) is 2.43. The van der Waals surface area contributed by atoms with Crippen molar-refractivity contribution in [3.63, 3.8) is 0 Å². The minimum Gasteiger partial charge on any atom is -0.355 e. The van der Waals surface area contributed by atoms with Crippen molar-refractivity contribution in [3.8, 4) is 0 Å². The normalized spacial score (nSPS) is 17.3. The average Bonchev–Trinajstić information content (AvgIpc) is 2.47. The molecule has 1 aromatic carbocycles. The number of rotatable bonds is 2. The fraction of sp³-hybridized carbons (Fsp3) is 0.429. The van der Waals surface area contributed by atoms with Crippen LogP contribution in [-0.4, -0.2) is 28.9 Å². The number of fused-ring (bicyclic) bond motifs is 1. The summed E-state index contributed by atoms with van der Waals surface area (Å²) in [6, 6.07) is 7.99. The van der Waals surface area contributed by atoms with Gasteiger partial charge in [0.2, 0.25) is 0 Å². The fourth-order valence-electron chi connectivity index (χ4n) is 2.42. The van der Waals surface area contributed by atoms with E-state index in [4.69, 9.17) is 11.6 Å². The Hall–Kier alpha value is -1.35. The fourth-order valence-corrected chi connectivity index (χ4v) is 2.72. The number of piperidine rings is 1. The molecular formula is C14H16ClN3. The lowest BCUT2D eigenvalue weighted by Gasteiger charge is -2.31. The molecule has 4 heteroatoms. The van der Waals surface area contributed by atoms with E-state index >= 15 is 0 Å². The Morgan fingerprint density at radius 2 is 1.89 bits per heavy atom. The Morgan fingerprint density at radius 1 is 1.17 bits per heavy atom. The van der Waals surface area contributed by atoms with Gasteiger partial charge in [-0.15, -0.1) is 11.6 Å². The Balaban J connectivity index is 1.82. The minimum absolute atomic E-state index is 0.663. The van der Waals surface area contributed by atoms with E-state index in [1.165, 1.54) is 0 Å². The van der Waals surface area contributed by atoms with Crippen molar-refractivity contribution in [3.05, 3.63) is 30.5 Å². The second kappa shape index (κ2) is 5.11. The molecule has 0 radical (unpaired) electrons. The summed E-state index contributed by atoms with van der Waals surface area (Å²) >= 11 is 5.91. The summed E-state index contributed by atoms with van der Waals surface area (Å²) in [6.07, 6.45) is 4.18. The lowest BCUT2D eigenvalue weighted by molar-refractivity contribution is 0.441. The molecule has 0 saturated carbocycles. The van der Waals surface area contributed by atoms with Crippen molar-refractivity contribution in [1.29, 1.82) is 0 Å². The van der Waals surface area contributed by atoms with E-state index < -0.39 is 0 Å². The standard InChI is InChI=1S/C14H16ClN3/c15-9-11-5-7-18(8-6-11)14-10-16-12-3-1-2-4-13(12)17-14/h1-4,10-11H,5-9H2. The lowest BCUT2D eigenvalue weighted by atomic mass is 9.99. The van der Waals surface area contributed by atoms with Crippen molar-refractivity contribution in [1.82, 2.24) is 9.97 Å².